The van der Waals surface area contributed by atoms with Crippen molar-refractivity contribution in [3.63, 3.8) is 0 Å². The number of anilines is 3. The molecule has 0 bridgehead atoms. The molecule has 7 heteroatoms. The van der Waals surface area contributed by atoms with E-state index >= 15 is 0 Å². The molecular weight excluding hydrogens is 438 g/mol. The van der Waals surface area contributed by atoms with E-state index in [-0.39, 0.29) is 5.69 Å². The molecule has 6 nitrogen and oxygen atoms in total. The number of hydrogen-bond acceptors (Lipinski definition) is 6. The van der Waals surface area contributed by atoms with Gasteiger partial charge in [-0.15, -0.1) is 0 Å². The molecular formula is C22H16BrNO5. The quantitative estimate of drug-likeness (QED) is 0.204. The summed E-state index contributed by atoms with van der Waals surface area (Å²) in [6.45, 7) is 0. The van der Waals surface area contributed by atoms with Crippen LogP contribution in [0.15, 0.2) is 71.2 Å². The number of benzene rings is 4. The molecule has 0 aromatic heterocycles. The van der Waals surface area contributed by atoms with Gasteiger partial charge >= 0.3 is 0 Å². The first-order valence-electron chi connectivity index (χ1n) is 8.63. The summed E-state index contributed by atoms with van der Waals surface area (Å²) >= 11 is 3.52. The molecule has 0 aliphatic rings. The van der Waals surface area contributed by atoms with Gasteiger partial charge in [-0.3, -0.25) is 0 Å². The first kappa shape index (κ1) is 18.8. The van der Waals surface area contributed by atoms with E-state index in [9.17, 15) is 25.5 Å². The number of halogens is 1. The molecule has 0 amide bonds. The lowest BCUT2D eigenvalue weighted by atomic mass is 10.1. The highest BCUT2D eigenvalue weighted by molar-refractivity contribution is 9.10. The molecule has 4 rings (SSSR count). The van der Waals surface area contributed by atoms with Gasteiger partial charge in [-0.05, 0) is 29.7 Å². The molecule has 0 saturated heterocycles. The summed E-state index contributed by atoms with van der Waals surface area (Å²) in [6, 6.07) is 20.0. The van der Waals surface area contributed by atoms with Crippen molar-refractivity contribution in [2.75, 3.05) is 4.90 Å². The largest absolute Gasteiger partial charge is 0.503 e. The van der Waals surface area contributed by atoms with Crippen LogP contribution in [0.4, 0.5) is 17.1 Å². The van der Waals surface area contributed by atoms with Gasteiger partial charge in [0.2, 0.25) is 17.2 Å². The van der Waals surface area contributed by atoms with Crippen molar-refractivity contribution in [1.82, 2.24) is 0 Å². The average molecular weight is 454 g/mol. The third kappa shape index (κ3) is 2.96. The van der Waals surface area contributed by atoms with Gasteiger partial charge in [0.25, 0.3) is 0 Å². The van der Waals surface area contributed by atoms with E-state index < -0.39 is 28.7 Å². The van der Waals surface area contributed by atoms with Crippen LogP contribution in [0.25, 0.3) is 10.8 Å². The summed E-state index contributed by atoms with van der Waals surface area (Å²) in [7, 11) is 0. The van der Waals surface area contributed by atoms with Crippen LogP contribution in [-0.4, -0.2) is 25.5 Å². The van der Waals surface area contributed by atoms with Crippen LogP contribution in [0, 0.1) is 0 Å². The Hall–Kier alpha value is -3.58. The van der Waals surface area contributed by atoms with Gasteiger partial charge < -0.3 is 30.4 Å². The second kappa shape index (κ2) is 7.10. The highest BCUT2D eigenvalue weighted by atomic mass is 79.9. The first-order chi connectivity index (χ1) is 13.9. The number of nitrogens with zero attached hydrogens (tertiary/aromatic N) is 1. The molecule has 4 aromatic carbocycles. The molecule has 0 heterocycles. The maximum Gasteiger partial charge on any atom is 0.208 e. The molecule has 0 aliphatic carbocycles. The number of para-hydroxylation sites is 1. The number of phenols is 5. The zero-order valence-corrected chi connectivity index (χ0v) is 16.5. The summed E-state index contributed by atoms with van der Waals surface area (Å²) in [5, 5.41) is 52.8. The fraction of sp³-hybridized carbons (Fsp3) is 0. The lowest BCUT2D eigenvalue weighted by Crippen LogP contribution is -2.11. The van der Waals surface area contributed by atoms with Crippen molar-refractivity contribution in [3.8, 4) is 28.7 Å². The smallest absolute Gasteiger partial charge is 0.208 e. The van der Waals surface area contributed by atoms with Crippen molar-refractivity contribution >= 4 is 43.8 Å². The van der Waals surface area contributed by atoms with Gasteiger partial charge in [-0.1, -0.05) is 58.4 Å². The van der Waals surface area contributed by atoms with Crippen LogP contribution < -0.4 is 4.90 Å². The fourth-order valence-electron chi connectivity index (χ4n) is 3.30. The van der Waals surface area contributed by atoms with Crippen LogP contribution in [-0.2, 0) is 0 Å². The molecule has 29 heavy (non-hydrogen) atoms. The number of rotatable bonds is 3. The topological polar surface area (TPSA) is 104 Å². The Morgan fingerprint density at radius 3 is 1.76 bits per heavy atom. The minimum atomic E-state index is -1.00. The van der Waals surface area contributed by atoms with E-state index in [0.29, 0.717) is 11.4 Å². The van der Waals surface area contributed by atoms with Crippen molar-refractivity contribution in [1.29, 1.82) is 0 Å². The van der Waals surface area contributed by atoms with E-state index in [1.54, 1.807) is 30.3 Å². The molecule has 4 aromatic rings. The predicted octanol–water partition coefficient (Wildman–Crippen LogP) is 5.60. The number of aromatic hydroxyl groups is 5. The second-order valence-corrected chi connectivity index (χ2v) is 7.23. The number of fused-ring (bicyclic) bond motifs is 1. The fourth-order valence-corrected chi connectivity index (χ4v) is 3.80. The van der Waals surface area contributed by atoms with E-state index in [0.717, 1.165) is 15.2 Å². The highest BCUT2D eigenvalue weighted by Gasteiger charge is 2.29. The molecule has 0 fully saturated rings. The molecule has 0 aliphatic heterocycles. The van der Waals surface area contributed by atoms with Crippen LogP contribution in [0.3, 0.4) is 0 Å². The Morgan fingerprint density at radius 2 is 1.10 bits per heavy atom. The molecule has 0 spiro atoms. The second-order valence-electron chi connectivity index (χ2n) is 6.37. The Balaban J connectivity index is 2.12. The molecule has 0 unspecified atom stereocenters. The molecule has 0 saturated carbocycles. The zero-order valence-electron chi connectivity index (χ0n) is 14.9. The summed E-state index contributed by atoms with van der Waals surface area (Å²) in [4.78, 5) is 1.50. The first-order valence-corrected chi connectivity index (χ1v) is 9.42. The minimum absolute atomic E-state index is 0.267. The Labute approximate surface area is 174 Å². The molecule has 0 atom stereocenters. The highest BCUT2D eigenvalue weighted by Crippen LogP contribution is 2.58. The Bertz CT molecular complexity index is 1200. The molecule has 0 radical (unpaired) electrons. The predicted molar refractivity (Wildman–Crippen MR) is 115 cm³/mol. The summed E-state index contributed by atoms with van der Waals surface area (Å²) < 4.78 is 0.856. The summed E-state index contributed by atoms with van der Waals surface area (Å²) in [5.74, 6) is -4.41. The third-order valence-corrected chi connectivity index (χ3v) is 5.36. The zero-order chi connectivity index (χ0) is 20.7. The van der Waals surface area contributed by atoms with E-state index in [1.165, 1.54) is 4.90 Å². The molecule has 146 valence electrons. The molecule has 5 N–H and O–H groups in total. The maximum atomic E-state index is 10.6. The van der Waals surface area contributed by atoms with Crippen molar-refractivity contribution < 1.29 is 25.5 Å². The SMILES string of the molecule is Oc1c(O)c(O)c(N(c2ccccc2)c2cccc3c(Br)cccc23)c(O)c1O. The van der Waals surface area contributed by atoms with Crippen molar-refractivity contribution in [2.24, 2.45) is 0 Å². The number of phenolic OH excluding ortho intramolecular Hbond substituents is 5. The van der Waals surface area contributed by atoms with Crippen LogP contribution in [0.1, 0.15) is 0 Å². The monoisotopic (exact) mass is 453 g/mol. The Kier molecular flexibility index (Phi) is 4.60. The van der Waals surface area contributed by atoms with Crippen molar-refractivity contribution in [2.45, 2.75) is 0 Å². The van der Waals surface area contributed by atoms with Crippen LogP contribution in [0.5, 0.6) is 28.7 Å². The van der Waals surface area contributed by atoms with E-state index in [4.69, 9.17) is 0 Å². The normalized spacial score (nSPS) is 10.9. The average Bonchev–Trinajstić information content (AvgIpc) is 2.75. The lowest BCUT2D eigenvalue weighted by molar-refractivity contribution is 0.329. The van der Waals surface area contributed by atoms with Gasteiger partial charge in [0.1, 0.15) is 5.69 Å². The maximum absolute atomic E-state index is 10.6. The minimum Gasteiger partial charge on any atom is -0.503 e. The van der Waals surface area contributed by atoms with Gasteiger partial charge in [0, 0.05) is 15.5 Å². The number of hydrogen-bond donors (Lipinski definition) is 5. The van der Waals surface area contributed by atoms with Crippen LogP contribution >= 0.6 is 15.9 Å². The van der Waals surface area contributed by atoms with E-state index in [1.807, 2.05) is 36.4 Å². The summed E-state index contributed by atoms with van der Waals surface area (Å²) in [6.07, 6.45) is 0. The summed E-state index contributed by atoms with van der Waals surface area (Å²) in [5.41, 5.74) is 0.858. The Morgan fingerprint density at radius 1 is 0.552 bits per heavy atom. The van der Waals surface area contributed by atoms with Gasteiger partial charge in [-0.2, -0.15) is 0 Å². The lowest BCUT2D eigenvalue weighted by Gasteiger charge is -2.28. The van der Waals surface area contributed by atoms with Gasteiger partial charge in [0.05, 0.1) is 5.69 Å². The van der Waals surface area contributed by atoms with Crippen molar-refractivity contribution in [3.05, 3.63) is 71.2 Å². The van der Waals surface area contributed by atoms with Gasteiger partial charge in [-0.25, -0.2) is 0 Å². The standard InChI is InChI=1S/C22H16BrNO5/c23-15-10-4-9-14-13(15)8-5-11-16(14)24(12-6-2-1-3-7-12)17-18(25)20(27)22(29)21(28)19(17)26/h1-11,25-29H. The van der Waals surface area contributed by atoms with Crippen LogP contribution in [0.2, 0.25) is 0 Å². The van der Waals surface area contributed by atoms with Gasteiger partial charge in [0.15, 0.2) is 11.5 Å². The third-order valence-electron chi connectivity index (χ3n) is 4.67. The van der Waals surface area contributed by atoms with E-state index in [2.05, 4.69) is 15.9 Å².